The molecular weight excluding hydrogens is 192 g/mol. The van der Waals surface area contributed by atoms with Crippen molar-refractivity contribution < 1.29 is 9.84 Å². The molecule has 90 valence electrons. The number of aliphatic hydroxyl groups is 1. The average Bonchev–Trinajstić information content (AvgIpc) is 2.14. The van der Waals surface area contributed by atoms with Crippen molar-refractivity contribution in [3.63, 3.8) is 0 Å². The number of morpholine rings is 1. The van der Waals surface area contributed by atoms with Crippen LogP contribution in [0.15, 0.2) is 0 Å². The summed E-state index contributed by atoms with van der Waals surface area (Å²) in [6.45, 7) is 9.76. The predicted octanol–water partition coefficient (Wildman–Crippen LogP) is 0.197. The molecule has 0 bridgehead atoms. The van der Waals surface area contributed by atoms with Crippen molar-refractivity contribution in [2.45, 2.75) is 38.3 Å². The number of hydrogen-bond donors (Lipinski definition) is 2. The van der Waals surface area contributed by atoms with Gasteiger partial charge in [-0.25, -0.2) is 0 Å². The van der Waals surface area contributed by atoms with Crippen LogP contribution in [0.25, 0.3) is 0 Å². The third-order valence-corrected chi connectivity index (χ3v) is 2.87. The minimum Gasteiger partial charge on any atom is -0.394 e. The Morgan fingerprint density at radius 2 is 2.20 bits per heavy atom. The third kappa shape index (κ3) is 4.47. The molecule has 1 atom stereocenters. The molecule has 4 nitrogen and oxygen atoms in total. The quantitative estimate of drug-likeness (QED) is 0.704. The maximum Gasteiger partial charge on any atom is 0.0753 e. The minimum atomic E-state index is -0.456. The number of hydrogen-bond acceptors (Lipinski definition) is 4. The van der Waals surface area contributed by atoms with Gasteiger partial charge in [0.2, 0.25) is 0 Å². The molecule has 1 rings (SSSR count). The monoisotopic (exact) mass is 216 g/mol. The highest BCUT2D eigenvalue weighted by Crippen LogP contribution is 2.17. The molecule has 3 N–H and O–H groups in total. The highest BCUT2D eigenvalue weighted by Gasteiger charge is 2.28. The van der Waals surface area contributed by atoms with Crippen molar-refractivity contribution in [2.24, 2.45) is 5.73 Å². The molecule has 0 amide bonds. The average molecular weight is 216 g/mol. The fourth-order valence-corrected chi connectivity index (χ4v) is 1.80. The lowest BCUT2D eigenvalue weighted by molar-refractivity contribution is -0.0872. The van der Waals surface area contributed by atoms with Crippen molar-refractivity contribution in [1.29, 1.82) is 0 Å². The Balaban J connectivity index is 2.33. The second-order valence-corrected chi connectivity index (χ2v) is 5.45. The number of nitrogens with zero attached hydrogens (tertiary/aromatic N) is 1. The highest BCUT2D eigenvalue weighted by atomic mass is 16.5. The lowest BCUT2D eigenvalue weighted by Crippen LogP contribution is -2.51. The van der Waals surface area contributed by atoms with Crippen LogP contribution in [0.2, 0.25) is 0 Å². The van der Waals surface area contributed by atoms with Gasteiger partial charge in [0.05, 0.1) is 18.8 Å². The van der Waals surface area contributed by atoms with Crippen molar-refractivity contribution in [3.05, 3.63) is 0 Å². The molecule has 1 unspecified atom stereocenters. The zero-order valence-electron chi connectivity index (χ0n) is 10.1. The molecule has 4 heteroatoms. The van der Waals surface area contributed by atoms with Gasteiger partial charge in [0, 0.05) is 25.2 Å². The van der Waals surface area contributed by atoms with Gasteiger partial charge in [-0.1, -0.05) is 0 Å². The molecule has 1 fully saturated rings. The Hall–Kier alpha value is -0.160. The van der Waals surface area contributed by atoms with Crippen LogP contribution in [-0.2, 0) is 4.74 Å². The first-order chi connectivity index (χ1) is 6.85. The molecule has 1 saturated heterocycles. The zero-order valence-corrected chi connectivity index (χ0v) is 10.1. The van der Waals surface area contributed by atoms with E-state index in [0.717, 1.165) is 32.7 Å². The van der Waals surface area contributed by atoms with E-state index in [1.807, 2.05) is 6.92 Å². The molecule has 0 spiro atoms. The second-order valence-electron chi connectivity index (χ2n) is 5.45. The lowest BCUT2D eigenvalue weighted by Gasteiger charge is -2.39. The first-order valence-electron chi connectivity index (χ1n) is 5.61. The number of ether oxygens (including phenoxy) is 1. The molecule has 0 aromatic heterocycles. The first kappa shape index (κ1) is 12.9. The molecule has 0 aromatic carbocycles. The van der Waals surface area contributed by atoms with Crippen molar-refractivity contribution in [2.75, 3.05) is 32.8 Å². The van der Waals surface area contributed by atoms with Crippen LogP contribution in [-0.4, -0.2) is 54.0 Å². The zero-order chi connectivity index (χ0) is 11.5. The second kappa shape index (κ2) is 4.78. The molecule has 0 radical (unpaired) electrons. The van der Waals surface area contributed by atoms with E-state index in [1.165, 1.54) is 0 Å². The number of nitrogens with two attached hydrogens (primary N) is 1. The molecule has 1 heterocycles. The maximum atomic E-state index is 9.06. The van der Waals surface area contributed by atoms with E-state index >= 15 is 0 Å². The summed E-state index contributed by atoms with van der Waals surface area (Å²) in [5.74, 6) is 0. The molecule has 15 heavy (non-hydrogen) atoms. The minimum absolute atomic E-state index is 0.0424. The molecular formula is C11H24N2O2. The molecule has 1 aliphatic heterocycles. The Morgan fingerprint density at radius 3 is 2.73 bits per heavy atom. The van der Waals surface area contributed by atoms with Crippen LogP contribution in [0.4, 0.5) is 0 Å². The summed E-state index contributed by atoms with van der Waals surface area (Å²) >= 11 is 0. The Kier molecular flexibility index (Phi) is 4.12. The van der Waals surface area contributed by atoms with Crippen LogP contribution in [0, 0.1) is 0 Å². The highest BCUT2D eigenvalue weighted by molar-refractivity contribution is 4.83. The van der Waals surface area contributed by atoms with E-state index in [4.69, 9.17) is 15.6 Å². The van der Waals surface area contributed by atoms with E-state index in [9.17, 15) is 0 Å². The normalized spacial score (nSPS) is 26.2. The van der Waals surface area contributed by atoms with E-state index in [0.29, 0.717) is 0 Å². The van der Waals surface area contributed by atoms with E-state index in [2.05, 4.69) is 18.7 Å². The smallest absolute Gasteiger partial charge is 0.0753 e. The van der Waals surface area contributed by atoms with Crippen LogP contribution in [0.1, 0.15) is 27.2 Å². The Bertz CT molecular complexity index is 205. The Labute approximate surface area is 92.4 Å². The van der Waals surface area contributed by atoms with Crippen molar-refractivity contribution >= 4 is 0 Å². The predicted molar refractivity (Wildman–Crippen MR) is 60.8 cm³/mol. The van der Waals surface area contributed by atoms with Crippen LogP contribution < -0.4 is 5.73 Å². The topological polar surface area (TPSA) is 58.7 Å². The van der Waals surface area contributed by atoms with Crippen LogP contribution in [0.3, 0.4) is 0 Å². The summed E-state index contributed by atoms with van der Waals surface area (Å²) < 4.78 is 5.63. The van der Waals surface area contributed by atoms with E-state index < -0.39 is 5.54 Å². The lowest BCUT2D eigenvalue weighted by atomic mass is 9.99. The summed E-state index contributed by atoms with van der Waals surface area (Å²) in [5.41, 5.74) is 5.38. The van der Waals surface area contributed by atoms with Gasteiger partial charge in [-0.2, -0.15) is 0 Å². The SMILES string of the molecule is CC(N)(CO)CCN1CCOC(C)(C)C1. The standard InChI is InChI=1S/C11H24N2O2/c1-10(2)8-13(6-7-15-10)5-4-11(3,12)9-14/h14H,4-9,12H2,1-3H3. The van der Waals surface area contributed by atoms with Gasteiger partial charge in [-0.3, -0.25) is 4.90 Å². The third-order valence-electron chi connectivity index (χ3n) is 2.87. The fourth-order valence-electron chi connectivity index (χ4n) is 1.80. The molecule has 0 saturated carbocycles. The summed E-state index contributed by atoms with van der Waals surface area (Å²) in [5, 5.41) is 9.06. The van der Waals surface area contributed by atoms with Gasteiger partial charge in [-0.05, 0) is 27.2 Å². The summed E-state index contributed by atoms with van der Waals surface area (Å²) in [7, 11) is 0. The van der Waals surface area contributed by atoms with Gasteiger partial charge in [0.15, 0.2) is 0 Å². The fraction of sp³-hybridized carbons (Fsp3) is 1.00. The van der Waals surface area contributed by atoms with Crippen LogP contribution in [0.5, 0.6) is 0 Å². The number of rotatable bonds is 4. The number of aliphatic hydroxyl groups excluding tert-OH is 1. The maximum absolute atomic E-state index is 9.06. The van der Waals surface area contributed by atoms with Crippen molar-refractivity contribution in [3.8, 4) is 0 Å². The summed E-state index contributed by atoms with van der Waals surface area (Å²) in [4.78, 5) is 2.35. The van der Waals surface area contributed by atoms with Gasteiger partial charge in [0.25, 0.3) is 0 Å². The largest absolute Gasteiger partial charge is 0.394 e. The first-order valence-corrected chi connectivity index (χ1v) is 5.61. The Morgan fingerprint density at radius 1 is 1.53 bits per heavy atom. The van der Waals surface area contributed by atoms with Gasteiger partial charge < -0.3 is 15.6 Å². The van der Waals surface area contributed by atoms with Gasteiger partial charge in [0.1, 0.15) is 0 Å². The molecule has 0 aromatic rings. The van der Waals surface area contributed by atoms with Crippen LogP contribution >= 0.6 is 0 Å². The van der Waals surface area contributed by atoms with Gasteiger partial charge in [-0.15, -0.1) is 0 Å². The van der Waals surface area contributed by atoms with Gasteiger partial charge >= 0.3 is 0 Å². The molecule has 1 aliphatic rings. The summed E-state index contributed by atoms with van der Waals surface area (Å²) in [6, 6.07) is 0. The van der Waals surface area contributed by atoms with E-state index in [1.54, 1.807) is 0 Å². The van der Waals surface area contributed by atoms with E-state index in [-0.39, 0.29) is 12.2 Å². The molecule has 0 aliphatic carbocycles. The van der Waals surface area contributed by atoms with Crippen molar-refractivity contribution in [1.82, 2.24) is 4.90 Å². The summed E-state index contributed by atoms with van der Waals surface area (Å²) in [6.07, 6.45) is 0.819.